The van der Waals surface area contributed by atoms with Crippen molar-refractivity contribution >= 4 is 29.1 Å². The molecule has 2 atom stereocenters. The maximum Gasteiger partial charge on any atom is 0.317 e. The van der Waals surface area contributed by atoms with Crippen LogP contribution in [0.4, 0.5) is 0 Å². The van der Waals surface area contributed by atoms with Gasteiger partial charge in [-0.3, -0.25) is 14.4 Å². The zero-order valence-corrected chi connectivity index (χ0v) is 12.4. The van der Waals surface area contributed by atoms with Crippen molar-refractivity contribution in [1.29, 1.82) is 0 Å². The summed E-state index contributed by atoms with van der Waals surface area (Å²) in [7, 11) is 0. The molecule has 5 heteroatoms. The normalized spacial score (nSPS) is 13.4. The van der Waals surface area contributed by atoms with Gasteiger partial charge in [-0.05, 0) is 38.1 Å². The Morgan fingerprint density at radius 1 is 1.20 bits per heavy atom. The van der Waals surface area contributed by atoms with Crippen LogP contribution in [-0.2, 0) is 14.3 Å². The van der Waals surface area contributed by atoms with Gasteiger partial charge in [-0.1, -0.05) is 18.5 Å². The van der Waals surface area contributed by atoms with Crippen molar-refractivity contribution in [3.8, 4) is 0 Å². The number of carbonyl (C=O) groups is 3. The fourth-order valence-corrected chi connectivity index (χ4v) is 2.11. The molecule has 2 unspecified atom stereocenters. The van der Waals surface area contributed by atoms with Crippen LogP contribution < -0.4 is 0 Å². The summed E-state index contributed by atoms with van der Waals surface area (Å²) in [5, 5.41) is 0.516. The quantitative estimate of drug-likeness (QED) is 0.460. The molecule has 1 aromatic rings. The van der Waals surface area contributed by atoms with E-state index in [0.29, 0.717) is 10.6 Å². The molecule has 1 rings (SSSR count). The predicted molar refractivity (Wildman–Crippen MR) is 75.8 cm³/mol. The molecule has 0 saturated carbocycles. The lowest BCUT2D eigenvalue weighted by atomic mass is 9.85. The van der Waals surface area contributed by atoms with Gasteiger partial charge in [-0.2, -0.15) is 0 Å². The van der Waals surface area contributed by atoms with Crippen molar-refractivity contribution in [3.63, 3.8) is 0 Å². The van der Waals surface area contributed by atoms with Crippen molar-refractivity contribution in [2.75, 3.05) is 6.61 Å². The Morgan fingerprint density at radius 3 is 2.20 bits per heavy atom. The Hall–Kier alpha value is -1.68. The van der Waals surface area contributed by atoms with E-state index in [4.69, 9.17) is 16.3 Å². The van der Waals surface area contributed by atoms with Crippen LogP contribution in [0.2, 0.25) is 5.02 Å². The third-order valence-electron chi connectivity index (χ3n) is 3.02. The second kappa shape index (κ2) is 7.20. The minimum Gasteiger partial charge on any atom is -0.465 e. The van der Waals surface area contributed by atoms with Gasteiger partial charge in [0.15, 0.2) is 5.78 Å². The minimum absolute atomic E-state index is 0.171. The summed E-state index contributed by atoms with van der Waals surface area (Å²) >= 11 is 5.76. The second-order valence-corrected chi connectivity index (χ2v) is 4.94. The van der Waals surface area contributed by atoms with Crippen molar-refractivity contribution in [1.82, 2.24) is 0 Å². The predicted octanol–water partition coefficient (Wildman–Crippen LogP) is 2.93. The highest BCUT2D eigenvalue weighted by molar-refractivity contribution is 6.30. The molecule has 0 radical (unpaired) electrons. The molecule has 0 N–H and O–H groups in total. The van der Waals surface area contributed by atoms with Crippen molar-refractivity contribution in [2.45, 2.75) is 20.8 Å². The zero-order valence-electron chi connectivity index (χ0n) is 11.7. The van der Waals surface area contributed by atoms with E-state index in [2.05, 4.69) is 0 Å². The van der Waals surface area contributed by atoms with Crippen molar-refractivity contribution < 1.29 is 19.1 Å². The van der Waals surface area contributed by atoms with Crippen LogP contribution in [0, 0.1) is 11.8 Å². The van der Waals surface area contributed by atoms with Crippen LogP contribution in [0.15, 0.2) is 24.3 Å². The van der Waals surface area contributed by atoms with E-state index in [9.17, 15) is 14.4 Å². The number of Topliss-reactive ketones (excluding diaryl/α,β-unsaturated/α-hetero) is 2. The van der Waals surface area contributed by atoms with Gasteiger partial charge in [-0.25, -0.2) is 0 Å². The Labute approximate surface area is 123 Å². The number of benzene rings is 1. The fraction of sp³-hybridized carbons (Fsp3) is 0.400. The third kappa shape index (κ3) is 3.90. The molecule has 108 valence electrons. The summed E-state index contributed by atoms with van der Waals surface area (Å²) in [6.45, 7) is 4.67. The number of halogens is 1. The van der Waals surface area contributed by atoms with Crippen LogP contribution >= 0.6 is 11.6 Å². The molecule has 0 aromatic heterocycles. The van der Waals surface area contributed by atoms with Crippen LogP contribution in [0.5, 0.6) is 0 Å². The van der Waals surface area contributed by atoms with Gasteiger partial charge >= 0.3 is 5.97 Å². The first-order chi connectivity index (χ1) is 9.38. The van der Waals surface area contributed by atoms with E-state index in [-0.39, 0.29) is 18.2 Å². The molecule has 0 bridgehead atoms. The largest absolute Gasteiger partial charge is 0.465 e. The number of carbonyl (C=O) groups excluding carboxylic acids is 3. The van der Waals surface area contributed by atoms with Gasteiger partial charge in [-0.15, -0.1) is 0 Å². The lowest BCUT2D eigenvalue weighted by Crippen LogP contribution is -2.34. The first-order valence-corrected chi connectivity index (χ1v) is 6.73. The Balaban J connectivity index is 2.97. The molecule has 20 heavy (non-hydrogen) atoms. The number of rotatable bonds is 6. The molecule has 0 heterocycles. The number of esters is 1. The average Bonchev–Trinajstić information content (AvgIpc) is 2.38. The Morgan fingerprint density at radius 2 is 1.75 bits per heavy atom. The van der Waals surface area contributed by atoms with Crippen LogP contribution in [0.1, 0.15) is 31.1 Å². The van der Waals surface area contributed by atoms with E-state index in [0.717, 1.165) is 0 Å². The maximum absolute atomic E-state index is 12.3. The van der Waals surface area contributed by atoms with Crippen LogP contribution in [-0.4, -0.2) is 24.1 Å². The van der Waals surface area contributed by atoms with Crippen LogP contribution in [0.3, 0.4) is 0 Å². The summed E-state index contributed by atoms with van der Waals surface area (Å²) in [6.07, 6.45) is 0. The smallest absolute Gasteiger partial charge is 0.317 e. The van der Waals surface area contributed by atoms with Gasteiger partial charge in [0.2, 0.25) is 0 Å². The molecule has 0 aliphatic carbocycles. The highest BCUT2D eigenvalue weighted by Crippen LogP contribution is 2.21. The lowest BCUT2D eigenvalue weighted by Gasteiger charge is -2.19. The molecule has 0 saturated heterocycles. The maximum atomic E-state index is 12.3. The first kappa shape index (κ1) is 16.4. The molecule has 0 amide bonds. The second-order valence-electron chi connectivity index (χ2n) is 4.50. The number of ketones is 2. The minimum atomic E-state index is -1.07. The van der Waals surface area contributed by atoms with Crippen LogP contribution in [0.25, 0.3) is 0 Å². The highest BCUT2D eigenvalue weighted by atomic mass is 35.5. The van der Waals surface area contributed by atoms with Crippen molar-refractivity contribution in [3.05, 3.63) is 34.9 Å². The highest BCUT2D eigenvalue weighted by Gasteiger charge is 2.35. The standard InChI is InChI=1S/C15H17ClO4/c1-4-20-15(19)13(10(3)17)9(2)14(18)11-5-7-12(16)8-6-11/h5-9,13H,4H2,1-3H3. The van der Waals surface area contributed by atoms with Crippen molar-refractivity contribution in [2.24, 2.45) is 11.8 Å². The lowest BCUT2D eigenvalue weighted by molar-refractivity contribution is -0.152. The molecule has 1 aromatic carbocycles. The monoisotopic (exact) mass is 296 g/mol. The van der Waals surface area contributed by atoms with E-state index >= 15 is 0 Å². The van der Waals surface area contributed by atoms with Gasteiger partial charge < -0.3 is 4.74 Å². The van der Waals surface area contributed by atoms with E-state index < -0.39 is 17.8 Å². The molecule has 4 nitrogen and oxygen atoms in total. The van der Waals surface area contributed by atoms with E-state index in [1.165, 1.54) is 6.92 Å². The van der Waals surface area contributed by atoms with E-state index in [1.807, 2.05) is 0 Å². The zero-order chi connectivity index (χ0) is 15.3. The molecule has 0 aliphatic heterocycles. The molecule has 0 fully saturated rings. The Kier molecular flexibility index (Phi) is 5.89. The third-order valence-corrected chi connectivity index (χ3v) is 3.27. The summed E-state index contributed by atoms with van der Waals surface area (Å²) in [5.41, 5.74) is 0.414. The first-order valence-electron chi connectivity index (χ1n) is 6.35. The topological polar surface area (TPSA) is 60.4 Å². The number of hydrogen-bond acceptors (Lipinski definition) is 4. The van der Waals surface area contributed by atoms with Gasteiger partial charge in [0.1, 0.15) is 11.7 Å². The summed E-state index contributed by atoms with van der Waals surface area (Å²) in [4.78, 5) is 35.7. The Bertz CT molecular complexity index is 507. The van der Waals surface area contributed by atoms with Gasteiger partial charge in [0.25, 0.3) is 0 Å². The number of hydrogen-bond donors (Lipinski definition) is 0. The molecule has 0 aliphatic rings. The average molecular weight is 297 g/mol. The van der Waals surface area contributed by atoms with Gasteiger partial charge in [0.05, 0.1) is 6.61 Å². The fourth-order valence-electron chi connectivity index (χ4n) is 1.98. The summed E-state index contributed by atoms with van der Waals surface area (Å²) < 4.78 is 4.86. The molecular formula is C15H17ClO4. The van der Waals surface area contributed by atoms with E-state index in [1.54, 1.807) is 38.1 Å². The molecule has 0 spiro atoms. The SMILES string of the molecule is CCOC(=O)C(C(C)=O)C(C)C(=O)c1ccc(Cl)cc1. The number of ether oxygens (including phenoxy) is 1. The summed E-state index contributed by atoms with van der Waals surface area (Å²) in [6, 6.07) is 6.33. The van der Waals surface area contributed by atoms with Gasteiger partial charge in [0, 0.05) is 16.5 Å². The molecular weight excluding hydrogens is 280 g/mol. The summed E-state index contributed by atoms with van der Waals surface area (Å²) in [5.74, 6) is -3.16.